The molecule has 2 aromatic carbocycles. The Morgan fingerprint density at radius 2 is 1.75 bits per heavy atom. The first-order chi connectivity index (χ1) is 15.1. The number of likely N-dealkylation sites (N-methyl/N-ethyl adjacent to an activating group) is 1. The summed E-state index contributed by atoms with van der Waals surface area (Å²) < 4.78 is 28.2. The number of amides is 1. The van der Waals surface area contributed by atoms with Gasteiger partial charge in [0.15, 0.2) is 22.2 Å². The molecule has 1 saturated carbocycles. The Morgan fingerprint density at radius 3 is 2.34 bits per heavy atom. The van der Waals surface area contributed by atoms with Gasteiger partial charge >= 0.3 is 5.97 Å². The second kappa shape index (κ2) is 9.42. The largest absolute Gasteiger partial charge is 0.452 e. The lowest BCUT2D eigenvalue weighted by Crippen LogP contribution is -2.55. The van der Waals surface area contributed by atoms with Gasteiger partial charge in [0.25, 0.3) is 5.91 Å². The van der Waals surface area contributed by atoms with E-state index in [0.717, 1.165) is 19.1 Å². The molecule has 170 valence electrons. The topological polar surface area (TPSA) is 97.8 Å². The van der Waals surface area contributed by atoms with E-state index in [1.165, 1.54) is 36.2 Å². The third-order valence-electron chi connectivity index (χ3n) is 5.76. The second-order valence-corrected chi connectivity index (χ2v) is 10.2. The number of hydrogen-bond donors (Lipinski definition) is 0. The van der Waals surface area contributed by atoms with Gasteiger partial charge in [0.1, 0.15) is 5.54 Å². The molecule has 0 heterocycles. The third-order valence-corrected chi connectivity index (χ3v) is 7.22. The summed E-state index contributed by atoms with van der Waals surface area (Å²) in [6, 6.07) is 12.2. The van der Waals surface area contributed by atoms with Gasteiger partial charge in [-0.05, 0) is 49.6 Å². The smallest absolute Gasteiger partial charge is 0.338 e. The summed E-state index contributed by atoms with van der Waals surface area (Å²) in [7, 11) is -1.87. The van der Waals surface area contributed by atoms with Crippen molar-refractivity contribution < 1.29 is 27.5 Å². The number of carbonyl (C=O) groups excluding carboxylic acids is 3. The van der Waals surface area contributed by atoms with E-state index in [1.54, 1.807) is 24.3 Å². The van der Waals surface area contributed by atoms with E-state index in [9.17, 15) is 22.8 Å². The van der Waals surface area contributed by atoms with Crippen molar-refractivity contribution in [3.05, 3.63) is 64.7 Å². The van der Waals surface area contributed by atoms with Crippen molar-refractivity contribution in [1.29, 1.82) is 0 Å². The van der Waals surface area contributed by atoms with Crippen LogP contribution in [0, 0.1) is 0 Å². The standard InChI is InChI=1S/C23H24ClNO6S/c1-25(23(14-6-5-9-20(23)26)18-7-3-4-8-19(18)24)21(27)15-31-22(28)16-10-12-17(13-11-16)32(2,29)30/h3-4,7-8,10-13H,5-6,9,14-15H2,1-2H3/t23-/m0/s1. The molecule has 32 heavy (non-hydrogen) atoms. The molecule has 0 aliphatic heterocycles. The van der Waals surface area contributed by atoms with Gasteiger partial charge in [-0.25, -0.2) is 13.2 Å². The van der Waals surface area contributed by atoms with Gasteiger partial charge in [0, 0.05) is 30.3 Å². The number of rotatable bonds is 6. The highest BCUT2D eigenvalue weighted by atomic mass is 35.5. The lowest BCUT2D eigenvalue weighted by molar-refractivity contribution is -0.150. The van der Waals surface area contributed by atoms with Crippen LogP contribution in [0.25, 0.3) is 0 Å². The fourth-order valence-corrected chi connectivity index (χ4v) is 4.91. The molecule has 1 aliphatic carbocycles. The SMILES string of the molecule is CN(C(=O)COC(=O)c1ccc(S(C)(=O)=O)cc1)[C@]1(c2ccccc2Cl)CCCCC1=O. The molecule has 0 saturated heterocycles. The van der Waals surface area contributed by atoms with Crippen molar-refractivity contribution in [2.75, 3.05) is 19.9 Å². The number of sulfone groups is 1. The summed E-state index contributed by atoms with van der Waals surface area (Å²) >= 11 is 6.40. The number of ketones is 1. The zero-order valence-corrected chi connectivity index (χ0v) is 19.4. The molecule has 3 rings (SSSR count). The maximum Gasteiger partial charge on any atom is 0.338 e. The molecule has 9 heteroatoms. The van der Waals surface area contributed by atoms with Gasteiger partial charge in [-0.3, -0.25) is 9.59 Å². The van der Waals surface area contributed by atoms with Crippen LogP contribution >= 0.6 is 11.6 Å². The maximum absolute atomic E-state index is 13.1. The predicted molar refractivity (Wildman–Crippen MR) is 119 cm³/mol. The van der Waals surface area contributed by atoms with Gasteiger partial charge in [-0.2, -0.15) is 0 Å². The summed E-state index contributed by atoms with van der Waals surface area (Å²) in [5.41, 5.74) is -0.538. The fourth-order valence-electron chi connectivity index (χ4n) is 3.99. The quantitative estimate of drug-likeness (QED) is 0.591. The van der Waals surface area contributed by atoms with Gasteiger partial charge in [0.2, 0.25) is 0 Å². The molecule has 0 unspecified atom stereocenters. The lowest BCUT2D eigenvalue weighted by Gasteiger charge is -2.43. The summed E-state index contributed by atoms with van der Waals surface area (Å²) in [6.45, 7) is -0.567. The Morgan fingerprint density at radius 1 is 1.09 bits per heavy atom. The highest BCUT2D eigenvalue weighted by Gasteiger charge is 2.48. The third kappa shape index (κ3) is 4.71. The number of ether oxygens (including phenoxy) is 1. The first-order valence-corrected chi connectivity index (χ1v) is 12.4. The van der Waals surface area contributed by atoms with Crippen LogP contribution in [0.5, 0.6) is 0 Å². The van der Waals surface area contributed by atoms with E-state index in [4.69, 9.17) is 16.3 Å². The predicted octanol–water partition coefficient (Wildman–Crippen LogP) is 3.40. The minimum atomic E-state index is -3.39. The number of Topliss-reactive ketones (excluding diaryl/α,β-unsaturated/α-hetero) is 1. The molecule has 1 amide bonds. The molecule has 1 aliphatic rings. The van der Waals surface area contributed by atoms with Crippen LogP contribution in [0.15, 0.2) is 53.4 Å². The Kier molecular flexibility index (Phi) is 7.05. The summed E-state index contributed by atoms with van der Waals surface area (Å²) in [6.07, 6.45) is 3.32. The zero-order chi connectivity index (χ0) is 23.5. The number of nitrogens with zero attached hydrogens (tertiary/aromatic N) is 1. The minimum Gasteiger partial charge on any atom is -0.452 e. The minimum absolute atomic E-state index is 0.0716. The maximum atomic E-state index is 13.1. The van der Waals surface area contributed by atoms with Gasteiger partial charge in [-0.15, -0.1) is 0 Å². The van der Waals surface area contributed by atoms with Gasteiger partial charge < -0.3 is 9.64 Å². The number of carbonyl (C=O) groups is 3. The van der Waals surface area contributed by atoms with Gasteiger partial charge in [-0.1, -0.05) is 29.8 Å². The molecule has 1 fully saturated rings. The highest BCUT2D eigenvalue weighted by molar-refractivity contribution is 7.90. The number of halogens is 1. The van der Waals surface area contributed by atoms with E-state index < -0.39 is 33.9 Å². The van der Waals surface area contributed by atoms with Crippen LogP contribution in [0.1, 0.15) is 41.6 Å². The van der Waals surface area contributed by atoms with Gasteiger partial charge in [0.05, 0.1) is 10.5 Å². The number of esters is 1. The molecule has 0 bridgehead atoms. The summed E-state index contributed by atoms with van der Waals surface area (Å²) in [5.74, 6) is -1.41. The molecule has 1 atom stereocenters. The summed E-state index contributed by atoms with van der Waals surface area (Å²) in [5, 5.41) is 0.394. The Bertz CT molecular complexity index is 1150. The Balaban J connectivity index is 1.78. The lowest BCUT2D eigenvalue weighted by atomic mass is 9.74. The van der Waals surface area contributed by atoms with Crippen molar-refractivity contribution in [2.45, 2.75) is 36.1 Å². The summed E-state index contributed by atoms with van der Waals surface area (Å²) in [4.78, 5) is 39.8. The normalized spacial score (nSPS) is 18.8. The second-order valence-electron chi connectivity index (χ2n) is 7.80. The molecule has 7 nitrogen and oxygen atoms in total. The first kappa shape index (κ1) is 23.9. The van der Waals surface area contributed by atoms with E-state index in [-0.39, 0.29) is 16.2 Å². The number of benzene rings is 2. The van der Waals surface area contributed by atoms with Crippen LogP contribution in [0.3, 0.4) is 0 Å². The molecule has 0 spiro atoms. The van der Waals surface area contributed by atoms with E-state index in [2.05, 4.69) is 0 Å². The van der Waals surface area contributed by atoms with Crippen molar-refractivity contribution in [3.8, 4) is 0 Å². The van der Waals surface area contributed by atoms with Crippen LogP contribution in [0.2, 0.25) is 5.02 Å². The molecule has 0 aromatic heterocycles. The van der Waals surface area contributed by atoms with Crippen LogP contribution in [-0.2, 0) is 29.7 Å². The van der Waals surface area contributed by atoms with Crippen molar-refractivity contribution in [1.82, 2.24) is 4.90 Å². The van der Waals surface area contributed by atoms with Crippen molar-refractivity contribution in [3.63, 3.8) is 0 Å². The Labute approximate surface area is 192 Å². The van der Waals surface area contributed by atoms with Crippen LogP contribution < -0.4 is 0 Å². The monoisotopic (exact) mass is 477 g/mol. The average Bonchev–Trinajstić information content (AvgIpc) is 2.77. The Hall–Kier alpha value is -2.71. The van der Waals surface area contributed by atoms with E-state index in [0.29, 0.717) is 23.4 Å². The van der Waals surface area contributed by atoms with E-state index >= 15 is 0 Å². The zero-order valence-electron chi connectivity index (χ0n) is 17.8. The number of hydrogen-bond acceptors (Lipinski definition) is 6. The van der Waals surface area contributed by atoms with Crippen molar-refractivity contribution >= 4 is 39.1 Å². The average molecular weight is 478 g/mol. The molecule has 2 aromatic rings. The first-order valence-electron chi connectivity index (χ1n) is 10.1. The fraction of sp³-hybridized carbons (Fsp3) is 0.348. The highest BCUT2D eigenvalue weighted by Crippen LogP contribution is 2.42. The van der Waals surface area contributed by atoms with Crippen LogP contribution in [-0.4, -0.2) is 50.9 Å². The van der Waals surface area contributed by atoms with Crippen molar-refractivity contribution in [2.24, 2.45) is 0 Å². The molecule has 0 radical (unpaired) electrons. The molecular formula is C23H24ClNO6S. The molecular weight excluding hydrogens is 454 g/mol. The van der Waals surface area contributed by atoms with E-state index in [1.807, 2.05) is 0 Å². The van der Waals surface area contributed by atoms with Crippen LogP contribution in [0.4, 0.5) is 0 Å². The molecule has 0 N–H and O–H groups in total.